The molecule has 2 atom stereocenters. The third kappa shape index (κ3) is 4.69. The predicted molar refractivity (Wildman–Crippen MR) is 81.9 cm³/mol. The maximum Gasteiger partial charge on any atom is 0.387 e. The van der Waals surface area contributed by atoms with Gasteiger partial charge in [-0.2, -0.15) is 8.78 Å². The molecule has 0 radical (unpaired) electrons. The van der Waals surface area contributed by atoms with Gasteiger partial charge in [-0.1, -0.05) is 25.1 Å². The molecule has 1 N–H and O–H groups in total. The lowest BCUT2D eigenvalue weighted by molar-refractivity contribution is -0.0507. The van der Waals surface area contributed by atoms with Crippen molar-refractivity contribution in [3.8, 4) is 5.75 Å². The Morgan fingerprint density at radius 1 is 1.22 bits per heavy atom. The summed E-state index contributed by atoms with van der Waals surface area (Å²) in [6, 6.07) is 7.68. The number of alkyl halides is 2. The van der Waals surface area contributed by atoms with Gasteiger partial charge >= 0.3 is 6.61 Å². The summed E-state index contributed by atoms with van der Waals surface area (Å²) in [5, 5.41) is 3.31. The maximum atomic E-state index is 13.3. The van der Waals surface area contributed by atoms with Gasteiger partial charge < -0.3 is 10.1 Å². The van der Waals surface area contributed by atoms with E-state index in [9.17, 15) is 13.2 Å². The van der Waals surface area contributed by atoms with Crippen molar-refractivity contribution < 1.29 is 17.9 Å². The Morgan fingerprint density at radius 2 is 1.96 bits per heavy atom. The molecule has 0 amide bonds. The monoisotopic (exact) mass is 324 g/mol. The zero-order chi connectivity index (χ0) is 16.8. The van der Waals surface area contributed by atoms with Crippen LogP contribution >= 0.6 is 0 Å². The second-order valence-electron chi connectivity index (χ2n) is 5.20. The first-order valence-electron chi connectivity index (χ1n) is 7.41. The van der Waals surface area contributed by atoms with Gasteiger partial charge in [0.05, 0.1) is 6.20 Å². The van der Waals surface area contributed by atoms with Crippen LogP contribution in [0.3, 0.4) is 0 Å². The highest BCUT2D eigenvalue weighted by Crippen LogP contribution is 2.30. The first-order valence-corrected chi connectivity index (χ1v) is 7.41. The summed E-state index contributed by atoms with van der Waals surface area (Å²) in [6.07, 6.45) is 3.38. The summed E-state index contributed by atoms with van der Waals surface area (Å²) in [5.74, 6) is -0.267. The Bertz CT molecular complexity index is 637. The average molecular weight is 324 g/mol. The number of nitrogens with zero attached hydrogens (tertiary/aromatic N) is 1. The van der Waals surface area contributed by atoms with Gasteiger partial charge in [0.1, 0.15) is 11.6 Å². The van der Waals surface area contributed by atoms with Gasteiger partial charge in [-0.15, -0.1) is 0 Å². The zero-order valence-electron chi connectivity index (χ0n) is 13.0. The highest BCUT2D eigenvalue weighted by Gasteiger charge is 2.19. The number of hydrogen-bond acceptors (Lipinski definition) is 3. The van der Waals surface area contributed by atoms with Crippen molar-refractivity contribution in [2.45, 2.75) is 39.0 Å². The van der Waals surface area contributed by atoms with Gasteiger partial charge in [-0.25, -0.2) is 4.39 Å². The second-order valence-corrected chi connectivity index (χ2v) is 5.20. The molecule has 2 aromatic rings. The number of hydrogen-bond donors (Lipinski definition) is 1. The zero-order valence-corrected chi connectivity index (χ0v) is 13.0. The molecule has 1 aromatic heterocycles. The lowest BCUT2D eigenvalue weighted by Gasteiger charge is -2.24. The van der Waals surface area contributed by atoms with E-state index in [1.54, 1.807) is 24.4 Å². The van der Waals surface area contributed by atoms with Gasteiger partial charge in [0.2, 0.25) is 0 Å². The number of rotatable bonds is 7. The number of halogens is 3. The van der Waals surface area contributed by atoms with Crippen molar-refractivity contribution >= 4 is 0 Å². The van der Waals surface area contributed by atoms with Crippen LogP contribution in [-0.4, -0.2) is 11.6 Å². The van der Waals surface area contributed by atoms with Crippen molar-refractivity contribution in [3.63, 3.8) is 0 Å². The summed E-state index contributed by atoms with van der Waals surface area (Å²) in [5.41, 5.74) is 1.34. The van der Waals surface area contributed by atoms with Crippen molar-refractivity contribution in [2.75, 3.05) is 0 Å². The molecular weight excluding hydrogens is 305 g/mol. The molecule has 0 saturated heterocycles. The van der Waals surface area contributed by atoms with Gasteiger partial charge in [0, 0.05) is 23.8 Å². The normalized spacial score (nSPS) is 13.8. The van der Waals surface area contributed by atoms with Crippen LogP contribution in [0.2, 0.25) is 0 Å². The maximum absolute atomic E-state index is 13.3. The van der Waals surface area contributed by atoms with Crippen LogP contribution in [0.15, 0.2) is 42.7 Å². The molecule has 0 saturated carbocycles. The smallest absolute Gasteiger partial charge is 0.387 e. The first-order chi connectivity index (χ1) is 11.0. The highest BCUT2D eigenvalue weighted by atomic mass is 19.3. The molecule has 0 spiro atoms. The average Bonchev–Trinajstić information content (AvgIpc) is 2.52. The number of para-hydroxylation sites is 1. The molecule has 0 bridgehead atoms. The number of pyridine rings is 1. The van der Waals surface area contributed by atoms with Gasteiger partial charge in [-0.05, 0) is 31.0 Å². The minimum absolute atomic E-state index is 0.145. The van der Waals surface area contributed by atoms with E-state index in [1.807, 2.05) is 13.8 Å². The molecule has 1 heterocycles. The molecule has 0 aliphatic carbocycles. The van der Waals surface area contributed by atoms with E-state index in [0.717, 1.165) is 6.20 Å². The van der Waals surface area contributed by atoms with Crippen LogP contribution < -0.4 is 10.1 Å². The minimum Gasteiger partial charge on any atom is -0.434 e. The molecule has 1 aromatic carbocycles. The quantitative estimate of drug-likeness (QED) is 0.806. The van der Waals surface area contributed by atoms with E-state index in [0.29, 0.717) is 17.5 Å². The highest BCUT2D eigenvalue weighted by molar-refractivity contribution is 5.36. The first kappa shape index (κ1) is 17.3. The van der Waals surface area contributed by atoms with Crippen LogP contribution in [0.4, 0.5) is 13.2 Å². The standard InChI is InChI=1S/C17H19F3N2O/c1-3-15(14-6-4-5-7-16(14)23-17(19)20)22-11(2)12-8-13(18)10-21-9-12/h4-11,15,17,22H,3H2,1-2H3/t11-,15+/m1/s1. The SMILES string of the molecule is CC[C@H](N[C@H](C)c1cncc(F)c1)c1ccccc1OC(F)F. The van der Waals surface area contributed by atoms with Crippen molar-refractivity contribution in [2.24, 2.45) is 0 Å². The van der Waals surface area contributed by atoms with E-state index in [4.69, 9.17) is 0 Å². The fourth-order valence-corrected chi connectivity index (χ4v) is 2.46. The minimum atomic E-state index is -2.88. The summed E-state index contributed by atoms with van der Waals surface area (Å²) in [7, 11) is 0. The summed E-state index contributed by atoms with van der Waals surface area (Å²) >= 11 is 0. The summed E-state index contributed by atoms with van der Waals surface area (Å²) < 4.78 is 43.0. The molecule has 124 valence electrons. The van der Waals surface area contributed by atoms with E-state index in [2.05, 4.69) is 15.0 Å². The number of nitrogens with one attached hydrogen (secondary N) is 1. The van der Waals surface area contributed by atoms with Crippen LogP contribution in [-0.2, 0) is 0 Å². The Labute approximate surface area is 133 Å². The van der Waals surface area contributed by atoms with Crippen LogP contribution in [0.5, 0.6) is 5.75 Å². The van der Waals surface area contributed by atoms with Gasteiger partial charge in [-0.3, -0.25) is 4.98 Å². The molecule has 23 heavy (non-hydrogen) atoms. The third-order valence-corrected chi connectivity index (χ3v) is 3.60. The fourth-order valence-electron chi connectivity index (χ4n) is 2.46. The Hall–Kier alpha value is -2.08. The van der Waals surface area contributed by atoms with Crippen LogP contribution in [0.1, 0.15) is 43.5 Å². The predicted octanol–water partition coefficient (Wildman–Crippen LogP) is 4.62. The Balaban J connectivity index is 2.20. The van der Waals surface area contributed by atoms with Crippen molar-refractivity contribution in [1.82, 2.24) is 10.3 Å². The lowest BCUT2D eigenvalue weighted by Crippen LogP contribution is -2.25. The molecular formula is C17H19F3N2O. The largest absolute Gasteiger partial charge is 0.434 e. The molecule has 0 aliphatic rings. The third-order valence-electron chi connectivity index (χ3n) is 3.60. The summed E-state index contributed by atoms with van der Waals surface area (Å²) in [6.45, 7) is 0.932. The molecule has 0 unspecified atom stereocenters. The van der Waals surface area contributed by atoms with E-state index >= 15 is 0 Å². The van der Waals surface area contributed by atoms with Gasteiger partial charge in [0.15, 0.2) is 0 Å². The van der Waals surface area contributed by atoms with Crippen molar-refractivity contribution in [1.29, 1.82) is 0 Å². The molecule has 0 aliphatic heterocycles. The fraction of sp³-hybridized carbons (Fsp3) is 0.353. The van der Waals surface area contributed by atoms with Crippen molar-refractivity contribution in [3.05, 3.63) is 59.7 Å². The van der Waals surface area contributed by atoms with Gasteiger partial charge in [0.25, 0.3) is 0 Å². The molecule has 6 heteroatoms. The Morgan fingerprint density at radius 3 is 2.61 bits per heavy atom. The molecule has 2 rings (SSSR count). The molecule has 0 fully saturated rings. The van der Waals surface area contributed by atoms with E-state index < -0.39 is 12.4 Å². The topological polar surface area (TPSA) is 34.2 Å². The van der Waals surface area contributed by atoms with Crippen LogP contribution in [0.25, 0.3) is 0 Å². The molecule has 3 nitrogen and oxygen atoms in total. The lowest BCUT2D eigenvalue weighted by atomic mass is 10.0. The Kier molecular flexibility index (Phi) is 5.98. The van der Waals surface area contributed by atoms with E-state index in [-0.39, 0.29) is 17.8 Å². The number of ether oxygens (including phenoxy) is 1. The van der Waals surface area contributed by atoms with Crippen LogP contribution in [0, 0.1) is 5.82 Å². The number of aromatic nitrogens is 1. The second kappa shape index (κ2) is 7.97. The number of benzene rings is 1. The summed E-state index contributed by atoms with van der Waals surface area (Å²) in [4.78, 5) is 3.83. The van der Waals surface area contributed by atoms with E-state index in [1.165, 1.54) is 12.1 Å².